The van der Waals surface area contributed by atoms with Crippen LogP contribution in [0.3, 0.4) is 0 Å². The molecule has 0 spiro atoms. The molecular formula is C23H27ClFN3O2. The molecule has 2 amide bonds. The fraction of sp³-hybridized carbons (Fsp3) is 0.391. The molecule has 1 aliphatic rings. The van der Waals surface area contributed by atoms with Crippen molar-refractivity contribution in [2.45, 2.75) is 32.9 Å². The normalized spacial score (nSPS) is 15.7. The van der Waals surface area contributed by atoms with Gasteiger partial charge in [0.2, 0.25) is 11.8 Å². The highest BCUT2D eigenvalue weighted by molar-refractivity contribution is 6.31. The first kappa shape index (κ1) is 22.2. The van der Waals surface area contributed by atoms with Crippen LogP contribution in [0.4, 0.5) is 4.39 Å². The number of nitrogens with one attached hydrogen (secondary N) is 1. The number of rotatable bonds is 6. The van der Waals surface area contributed by atoms with E-state index in [2.05, 4.69) is 10.2 Å². The lowest BCUT2D eigenvalue weighted by atomic mass is 10.0. The summed E-state index contributed by atoms with van der Waals surface area (Å²) in [6, 6.07) is 12.2. The number of halogens is 2. The number of hydrogen-bond acceptors (Lipinski definition) is 3. The first-order valence-electron chi connectivity index (χ1n) is 10.1. The van der Waals surface area contributed by atoms with Gasteiger partial charge in [0.1, 0.15) is 5.82 Å². The zero-order valence-electron chi connectivity index (χ0n) is 17.3. The maximum absolute atomic E-state index is 14.0. The molecule has 0 aromatic heterocycles. The molecule has 160 valence electrons. The molecule has 1 saturated heterocycles. The molecular weight excluding hydrogens is 405 g/mol. The summed E-state index contributed by atoms with van der Waals surface area (Å²) in [4.78, 5) is 28.4. The number of hydrogen-bond donors (Lipinski definition) is 1. The Kier molecular flexibility index (Phi) is 7.45. The highest BCUT2D eigenvalue weighted by Crippen LogP contribution is 2.22. The predicted molar refractivity (Wildman–Crippen MR) is 116 cm³/mol. The highest BCUT2D eigenvalue weighted by atomic mass is 35.5. The average Bonchev–Trinajstić information content (AvgIpc) is 2.71. The van der Waals surface area contributed by atoms with Gasteiger partial charge in [-0.3, -0.25) is 14.5 Å². The second-order valence-electron chi connectivity index (χ2n) is 7.73. The molecule has 0 aliphatic carbocycles. The van der Waals surface area contributed by atoms with Crippen LogP contribution in [0.2, 0.25) is 5.02 Å². The van der Waals surface area contributed by atoms with E-state index in [1.807, 2.05) is 36.1 Å². The van der Waals surface area contributed by atoms with E-state index in [0.717, 1.165) is 11.1 Å². The van der Waals surface area contributed by atoms with Crippen molar-refractivity contribution in [2.24, 2.45) is 0 Å². The molecule has 7 heteroatoms. The molecule has 30 heavy (non-hydrogen) atoms. The lowest BCUT2D eigenvalue weighted by molar-refractivity contribution is -0.133. The van der Waals surface area contributed by atoms with E-state index in [9.17, 15) is 14.0 Å². The van der Waals surface area contributed by atoms with Crippen molar-refractivity contribution >= 4 is 23.4 Å². The Morgan fingerprint density at radius 1 is 1.10 bits per heavy atom. The molecule has 1 atom stereocenters. The number of amides is 2. The molecule has 2 aromatic rings. The summed E-state index contributed by atoms with van der Waals surface area (Å²) in [5.41, 5.74) is 2.53. The number of carbonyl (C=O) groups excluding carboxylic acids is 2. The van der Waals surface area contributed by atoms with Crippen molar-refractivity contribution in [3.05, 3.63) is 70.0 Å². The summed E-state index contributed by atoms with van der Waals surface area (Å²) in [5, 5.41) is 3.31. The molecule has 0 bridgehead atoms. The summed E-state index contributed by atoms with van der Waals surface area (Å²) >= 11 is 6.13. The van der Waals surface area contributed by atoms with Gasteiger partial charge in [0.25, 0.3) is 0 Å². The number of nitrogens with zero attached hydrogens (tertiary/aromatic N) is 2. The van der Waals surface area contributed by atoms with E-state index in [0.29, 0.717) is 43.3 Å². The van der Waals surface area contributed by atoms with Gasteiger partial charge in [0.15, 0.2) is 0 Å². The molecule has 0 saturated carbocycles. The van der Waals surface area contributed by atoms with Crippen molar-refractivity contribution in [3.63, 3.8) is 0 Å². The summed E-state index contributed by atoms with van der Waals surface area (Å²) < 4.78 is 14.0. The lowest BCUT2D eigenvalue weighted by Crippen LogP contribution is -2.49. The first-order valence-corrected chi connectivity index (χ1v) is 10.5. The Balaban J connectivity index is 1.58. The zero-order valence-corrected chi connectivity index (χ0v) is 18.1. The Labute approximate surface area is 181 Å². The SMILES string of the molecule is CC(=O)NC(CC(=O)N1CCN(Cc2c(F)cccc2Cl)CC1)c1ccc(C)cc1. The van der Waals surface area contributed by atoms with E-state index >= 15 is 0 Å². The zero-order chi connectivity index (χ0) is 21.7. The van der Waals surface area contributed by atoms with Crippen LogP contribution in [0, 0.1) is 12.7 Å². The Morgan fingerprint density at radius 3 is 2.37 bits per heavy atom. The third-order valence-corrected chi connectivity index (χ3v) is 5.76. The molecule has 5 nitrogen and oxygen atoms in total. The van der Waals surface area contributed by atoms with Gasteiger partial charge in [0, 0.05) is 50.2 Å². The minimum absolute atomic E-state index is 0.00195. The van der Waals surface area contributed by atoms with E-state index in [4.69, 9.17) is 11.6 Å². The molecule has 3 rings (SSSR count). The molecule has 1 heterocycles. The molecule has 0 radical (unpaired) electrons. The maximum atomic E-state index is 14.0. The van der Waals surface area contributed by atoms with Crippen molar-refractivity contribution in [3.8, 4) is 0 Å². The van der Waals surface area contributed by atoms with Crippen molar-refractivity contribution in [1.29, 1.82) is 0 Å². The van der Waals surface area contributed by atoms with Crippen molar-refractivity contribution < 1.29 is 14.0 Å². The van der Waals surface area contributed by atoms with Crippen LogP contribution in [0.1, 0.15) is 36.1 Å². The van der Waals surface area contributed by atoms with Crippen LogP contribution in [0.5, 0.6) is 0 Å². The predicted octanol–water partition coefficient (Wildman–Crippen LogP) is 3.70. The number of benzene rings is 2. The van der Waals surface area contributed by atoms with E-state index < -0.39 is 0 Å². The summed E-state index contributed by atoms with van der Waals surface area (Å²) in [6.45, 7) is 6.29. The van der Waals surface area contributed by atoms with Crippen LogP contribution in [0.25, 0.3) is 0 Å². The monoisotopic (exact) mass is 431 g/mol. The summed E-state index contributed by atoms with van der Waals surface area (Å²) in [6.07, 6.45) is 0.210. The third kappa shape index (κ3) is 5.80. The van der Waals surface area contributed by atoms with Gasteiger partial charge < -0.3 is 10.2 Å². The van der Waals surface area contributed by atoms with Gasteiger partial charge in [-0.2, -0.15) is 0 Å². The van der Waals surface area contributed by atoms with Crippen LogP contribution in [0.15, 0.2) is 42.5 Å². The van der Waals surface area contributed by atoms with Crippen molar-refractivity contribution in [1.82, 2.24) is 15.1 Å². The van der Waals surface area contributed by atoms with Gasteiger partial charge >= 0.3 is 0 Å². The Hall–Kier alpha value is -2.44. The molecule has 1 fully saturated rings. The van der Waals surface area contributed by atoms with Crippen molar-refractivity contribution in [2.75, 3.05) is 26.2 Å². The van der Waals surface area contributed by atoms with Gasteiger partial charge in [-0.1, -0.05) is 47.5 Å². The van der Waals surface area contributed by atoms with Crippen LogP contribution >= 0.6 is 11.6 Å². The summed E-state index contributed by atoms with van der Waals surface area (Å²) in [5.74, 6) is -0.477. The summed E-state index contributed by atoms with van der Waals surface area (Å²) in [7, 11) is 0. The van der Waals surface area contributed by atoms with E-state index in [-0.39, 0.29) is 30.1 Å². The fourth-order valence-electron chi connectivity index (χ4n) is 3.66. The fourth-order valence-corrected chi connectivity index (χ4v) is 3.89. The minimum atomic E-state index is -0.356. The Morgan fingerprint density at radius 2 is 1.77 bits per heavy atom. The smallest absolute Gasteiger partial charge is 0.225 e. The number of carbonyl (C=O) groups is 2. The van der Waals surface area contributed by atoms with Gasteiger partial charge in [-0.15, -0.1) is 0 Å². The van der Waals surface area contributed by atoms with E-state index in [1.165, 1.54) is 13.0 Å². The van der Waals surface area contributed by atoms with Gasteiger partial charge in [0.05, 0.1) is 12.5 Å². The third-order valence-electron chi connectivity index (χ3n) is 5.40. The molecule has 1 unspecified atom stereocenters. The number of piperazine rings is 1. The Bertz CT molecular complexity index is 876. The molecule has 1 N–H and O–H groups in total. The van der Waals surface area contributed by atoms with Crippen LogP contribution in [-0.4, -0.2) is 47.8 Å². The minimum Gasteiger partial charge on any atom is -0.349 e. The van der Waals surface area contributed by atoms with Crippen LogP contribution < -0.4 is 5.32 Å². The van der Waals surface area contributed by atoms with Gasteiger partial charge in [-0.25, -0.2) is 4.39 Å². The molecule has 1 aliphatic heterocycles. The standard InChI is InChI=1S/C23H27ClFN3O2/c1-16-6-8-18(9-7-16)22(26-17(2)29)14-23(30)28-12-10-27(11-13-28)15-19-20(24)4-3-5-21(19)25/h3-9,22H,10-15H2,1-2H3,(H,26,29). The van der Waals surface area contributed by atoms with Gasteiger partial charge in [-0.05, 0) is 24.6 Å². The topological polar surface area (TPSA) is 52.7 Å². The quantitative estimate of drug-likeness (QED) is 0.758. The first-order chi connectivity index (χ1) is 14.3. The lowest BCUT2D eigenvalue weighted by Gasteiger charge is -2.35. The average molecular weight is 432 g/mol. The maximum Gasteiger partial charge on any atom is 0.225 e. The number of aryl methyl sites for hydroxylation is 1. The largest absolute Gasteiger partial charge is 0.349 e. The van der Waals surface area contributed by atoms with Crippen LogP contribution in [-0.2, 0) is 16.1 Å². The second-order valence-corrected chi connectivity index (χ2v) is 8.13. The molecule has 2 aromatic carbocycles. The highest BCUT2D eigenvalue weighted by Gasteiger charge is 2.25. The van der Waals surface area contributed by atoms with E-state index in [1.54, 1.807) is 12.1 Å². The second kappa shape index (κ2) is 10.0.